The van der Waals surface area contributed by atoms with Crippen molar-refractivity contribution in [2.75, 3.05) is 0 Å². The van der Waals surface area contributed by atoms with Gasteiger partial charge in [0, 0.05) is 33.6 Å². The first kappa shape index (κ1) is 104. The molecule has 0 aliphatic carbocycles. The molecule has 0 heterocycles. The van der Waals surface area contributed by atoms with Crippen molar-refractivity contribution in [1.82, 2.24) is 0 Å². The van der Waals surface area contributed by atoms with Crippen molar-refractivity contribution in [3.8, 4) is 0 Å². The average Bonchev–Trinajstić information content (AvgIpc) is 0. The maximum Gasteiger partial charge on any atom is 2.00 e. The van der Waals surface area contributed by atoms with Gasteiger partial charge in [0.15, 0.2) is 0 Å². The molecule has 2 nitrogen and oxygen atoms in total. The van der Waals surface area contributed by atoms with Crippen molar-refractivity contribution in [3.63, 3.8) is 0 Å². The number of rotatable bonds is 0. The van der Waals surface area contributed by atoms with Crippen molar-refractivity contribution in [1.29, 1.82) is 0 Å². The molecule has 0 aromatic rings. The van der Waals surface area contributed by atoms with Crippen LogP contribution in [0.25, 0.3) is 0 Å². The van der Waals surface area contributed by atoms with Gasteiger partial charge in [0.2, 0.25) is 0 Å². The van der Waals surface area contributed by atoms with Crippen LogP contribution >= 0.6 is 0 Å². The number of hydrogen-bond acceptors (Lipinski definition) is 0. The molecule has 7 heteroatoms. The van der Waals surface area contributed by atoms with E-state index in [0.29, 0.717) is 0 Å². The Balaban J connectivity index is 0. The molecule has 0 bridgehead atoms. The van der Waals surface area contributed by atoms with Crippen molar-refractivity contribution in [3.05, 3.63) is 0 Å². The first-order chi connectivity index (χ1) is 0. The summed E-state index contributed by atoms with van der Waals surface area (Å²) < 4.78 is 0. The predicted octanol–water partition coefficient (Wildman–Crippen LogP) is -6.24. The predicted molar refractivity (Wildman–Crippen MR) is 1.37 cm³/mol. The summed E-state index contributed by atoms with van der Waals surface area (Å²) in [5.41, 5.74) is 0. The first-order valence-electron chi connectivity index (χ1n) is 0. The fourth-order valence-corrected chi connectivity index (χ4v) is 0. The fraction of sp³-hybridized carbons (Fsp3) is 0. The molecule has 0 saturated heterocycles. The molecule has 0 aliphatic heterocycles. The summed E-state index contributed by atoms with van der Waals surface area (Å²) in [4.78, 5) is 0. The second kappa shape index (κ2) is 72.5. The summed E-state index contributed by atoms with van der Waals surface area (Å²) in [6.07, 6.45) is 0. The van der Waals surface area contributed by atoms with E-state index in [1.165, 1.54) is 0 Å². The topological polar surface area (TPSA) is 57.0 Å². The van der Waals surface area contributed by atoms with E-state index < -0.39 is 0 Å². The van der Waals surface area contributed by atoms with Crippen molar-refractivity contribution >= 4 is 0 Å². The summed E-state index contributed by atoms with van der Waals surface area (Å²) in [5.74, 6) is 0. The molecule has 0 N–H and O–H groups in total. The van der Waals surface area contributed by atoms with Gasteiger partial charge in [-0.05, 0) is 0 Å². The summed E-state index contributed by atoms with van der Waals surface area (Å²) in [6, 6.07) is 0. The molecule has 0 saturated carbocycles. The van der Waals surface area contributed by atoms with Crippen LogP contribution in [0.3, 0.4) is 0 Å². The van der Waals surface area contributed by atoms with Crippen LogP contribution in [-0.4, -0.2) is 0 Å². The molecule has 0 spiro atoms. The van der Waals surface area contributed by atoms with Gasteiger partial charge in [-0.2, -0.15) is 0 Å². The molecule has 0 rings (SSSR count). The summed E-state index contributed by atoms with van der Waals surface area (Å²) in [5, 5.41) is 0. The van der Waals surface area contributed by atoms with Crippen LogP contribution in [0.4, 0.5) is 0 Å². The SMILES string of the molecule is [Co+2].[Co].[Co].[Li+].[Li+].[O-2].[O-2]. The maximum atomic E-state index is 0. The smallest absolute Gasteiger partial charge is 2.00 e. The summed E-state index contributed by atoms with van der Waals surface area (Å²) >= 11 is 0. The van der Waals surface area contributed by atoms with Gasteiger partial charge in [-0.1, -0.05) is 0 Å². The zero-order valence-electron chi connectivity index (χ0n) is 3.82. The minimum Gasteiger partial charge on any atom is -2.00 e. The van der Waals surface area contributed by atoms with E-state index in [9.17, 15) is 0 Å². The molecule has 0 aliphatic rings. The van der Waals surface area contributed by atoms with Crippen LogP contribution in [0.15, 0.2) is 0 Å². The van der Waals surface area contributed by atoms with Gasteiger partial charge in [-0.25, -0.2) is 0 Å². The molecule has 0 aromatic carbocycles. The Hall–Kier alpha value is 2.63. The van der Waals surface area contributed by atoms with Crippen molar-refractivity contribution in [2.24, 2.45) is 0 Å². The monoisotopic (exact) mass is 223 g/mol. The Morgan fingerprint density at radius 3 is 0.571 bits per heavy atom. The van der Waals surface area contributed by atoms with Crippen LogP contribution < -0.4 is 37.7 Å². The van der Waals surface area contributed by atoms with Gasteiger partial charge in [-0.15, -0.1) is 0 Å². The zero-order chi connectivity index (χ0) is 0. The van der Waals surface area contributed by atoms with Gasteiger partial charge < -0.3 is 11.0 Å². The molecule has 0 unspecified atom stereocenters. The Morgan fingerprint density at radius 1 is 0.571 bits per heavy atom. The van der Waals surface area contributed by atoms with Crippen LogP contribution in [-0.2, 0) is 61.3 Å². The van der Waals surface area contributed by atoms with Gasteiger partial charge in [0.1, 0.15) is 0 Å². The molecule has 3 radical (unpaired) electrons. The molecule has 41 valence electrons. The van der Waals surface area contributed by atoms with E-state index >= 15 is 0 Å². The second-order valence-corrected chi connectivity index (χ2v) is 0. The maximum absolute atomic E-state index is 0. The van der Waals surface area contributed by atoms with Crippen LogP contribution in [0, 0.1) is 0 Å². The van der Waals surface area contributed by atoms with Crippen LogP contribution in [0.1, 0.15) is 0 Å². The van der Waals surface area contributed by atoms with E-state index in [-0.39, 0.29) is 99.0 Å². The van der Waals surface area contributed by atoms with Gasteiger partial charge >= 0.3 is 54.5 Å². The average molecular weight is 223 g/mol. The molecule has 0 aromatic heterocycles. The van der Waals surface area contributed by atoms with E-state index in [2.05, 4.69) is 0 Å². The third kappa shape index (κ3) is 54.8. The van der Waals surface area contributed by atoms with Crippen molar-refractivity contribution in [2.45, 2.75) is 0 Å². The molecule has 0 fully saturated rings. The Bertz CT molecular complexity index is 10.9. The quantitative estimate of drug-likeness (QED) is 0.367. The molecular formula is Co3Li2O2. The van der Waals surface area contributed by atoms with Gasteiger partial charge in [-0.3, -0.25) is 0 Å². The third-order valence-electron chi connectivity index (χ3n) is 0. The van der Waals surface area contributed by atoms with E-state index in [4.69, 9.17) is 0 Å². The van der Waals surface area contributed by atoms with E-state index in [1.54, 1.807) is 0 Å². The standard InChI is InChI=1S/3Co.2Li.2O/q;;+2;2*+1;2*-2. The fourth-order valence-electron chi connectivity index (χ4n) is 0. The van der Waals surface area contributed by atoms with Crippen LogP contribution in [0.2, 0.25) is 0 Å². The van der Waals surface area contributed by atoms with E-state index in [0.717, 1.165) is 0 Å². The Morgan fingerprint density at radius 2 is 0.571 bits per heavy atom. The van der Waals surface area contributed by atoms with Gasteiger partial charge in [0.25, 0.3) is 0 Å². The van der Waals surface area contributed by atoms with Gasteiger partial charge in [0.05, 0.1) is 0 Å². The zero-order valence-corrected chi connectivity index (χ0v) is 6.94. The van der Waals surface area contributed by atoms with Crippen molar-refractivity contribution < 1.29 is 99.0 Å². The minimum atomic E-state index is 0. The Labute approximate surface area is 97.9 Å². The first-order valence-corrected chi connectivity index (χ1v) is 0. The van der Waals surface area contributed by atoms with Crippen LogP contribution in [0.5, 0.6) is 0 Å². The Kier molecular flexibility index (Phi) is 1070. The third-order valence-corrected chi connectivity index (χ3v) is 0. The molecular weight excluding hydrogens is 223 g/mol. The van der Waals surface area contributed by atoms with E-state index in [1.807, 2.05) is 0 Å². The normalized spacial score (nSPS) is 0. The summed E-state index contributed by atoms with van der Waals surface area (Å²) in [6.45, 7) is 0. The molecule has 0 amide bonds. The summed E-state index contributed by atoms with van der Waals surface area (Å²) in [7, 11) is 0. The second-order valence-electron chi connectivity index (χ2n) is 0. The number of hydrogen-bond donors (Lipinski definition) is 0. The largest absolute Gasteiger partial charge is 2.00 e. The minimum absolute atomic E-state index is 0. The molecule has 0 atom stereocenters. The molecule has 7 heavy (non-hydrogen) atoms.